The monoisotopic (exact) mass is 410 g/mol. The molecule has 0 rings (SSSR count). The highest BCUT2D eigenvalue weighted by Gasteiger charge is 2.29. The number of ether oxygens (including phenoxy) is 2. The molecule has 0 N–H and O–H groups in total. The number of carbonyl (C=O) groups excluding carboxylic acids is 2. The van der Waals surface area contributed by atoms with Crippen molar-refractivity contribution in [3.05, 3.63) is 11.6 Å². The Labute approximate surface area is 179 Å². The third-order valence-corrected chi connectivity index (χ3v) is 5.22. The van der Waals surface area contributed by atoms with Crippen LogP contribution in [0, 0.1) is 5.92 Å². The first-order chi connectivity index (χ1) is 14.1. The van der Waals surface area contributed by atoms with E-state index in [2.05, 4.69) is 13.0 Å². The van der Waals surface area contributed by atoms with Crippen LogP contribution in [0.3, 0.4) is 0 Å². The highest BCUT2D eigenvalue weighted by Crippen LogP contribution is 2.18. The van der Waals surface area contributed by atoms with E-state index in [1.807, 2.05) is 6.92 Å². The zero-order valence-electron chi connectivity index (χ0n) is 19.6. The molecule has 0 aromatic rings. The highest BCUT2D eigenvalue weighted by atomic mass is 16.6. The molecule has 4 heteroatoms. The lowest BCUT2D eigenvalue weighted by molar-refractivity contribution is -0.161. The van der Waals surface area contributed by atoms with Crippen molar-refractivity contribution in [2.45, 2.75) is 118 Å². The van der Waals surface area contributed by atoms with Crippen molar-refractivity contribution in [3.63, 3.8) is 0 Å². The lowest BCUT2D eigenvalue weighted by atomic mass is 9.99. The van der Waals surface area contributed by atoms with Crippen LogP contribution in [0.2, 0.25) is 0 Å². The molecule has 0 unspecified atom stereocenters. The number of esters is 2. The molecular formula is C25H46O4. The van der Waals surface area contributed by atoms with E-state index < -0.39 is 17.9 Å². The predicted octanol–water partition coefficient (Wildman–Crippen LogP) is 7.16. The minimum absolute atomic E-state index is 0.274. The Hall–Kier alpha value is -1.32. The predicted molar refractivity (Wildman–Crippen MR) is 121 cm³/mol. The second-order valence-electron chi connectivity index (χ2n) is 7.99. The Morgan fingerprint density at radius 1 is 0.690 bits per heavy atom. The van der Waals surface area contributed by atoms with Crippen LogP contribution in [-0.4, -0.2) is 25.2 Å². The molecule has 0 aliphatic carbocycles. The van der Waals surface area contributed by atoms with Gasteiger partial charge in [0.25, 0.3) is 0 Å². The smallest absolute Gasteiger partial charge is 0.320 e. The molecule has 0 amide bonds. The third kappa shape index (κ3) is 16.2. The van der Waals surface area contributed by atoms with Gasteiger partial charge in [0, 0.05) is 0 Å². The molecule has 0 aromatic carbocycles. The summed E-state index contributed by atoms with van der Waals surface area (Å²) in [5.74, 6) is -1.80. The molecule has 0 saturated carbocycles. The number of hydrogen-bond acceptors (Lipinski definition) is 4. The van der Waals surface area contributed by atoms with Crippen LogP contribution < -0.4 is 0 Å². The van der Waals surface area contributed by atoms with Gasteiger partial charge in [-0.3, -0.25) is 9.59 Å². The Balaban J connectivity index is 3.88. The van der Waals surface area contributed by atoms with Gasteiger partial charge in [0.15, 0.2) is 5.92 Å². The van der Waals surface area contributed by atoms with E-state index in [0.717, 1.165) is 18.4 Å². The maximum absolute atomic E-state index is 12.0. The molecule has 0 radical (unpaired) electrons. The van der Waals surface area contributed by atoms with Crippen molar-refractivity contribution in [1.29, 1.82) is 0 Å². The van der Waals surface area contributed by atoms with Crippen LogP contribution in [0.15, 0.2) is 11.6 Å². The zero-order valence-corrected chi connectivity index (χ0v) is 19.6. The van der Waals surface area contributed by atoms with Gasteiger partial charge in [-0.15, -0.1) is 0 Å². The van der Waals surface area contributed by atoms with Gasteiger partial charge in [0.1, 0.15) is 0 Å². The topological polar surface area (TPSA) is 52.6 Å². The lowest BCUT2D eigenvalue weighted by Gasteiger charge is -2.14. The van der Waals surface area contributed by atoms with E-state index in [0.29, 0.717) is 6.42 Å². The Morgan fingerprint density at radius 3 is 1.52 bits per heavy atom. The maximum Gasteiger partial charge on any atom is 0.320 e. The molecule has 170 valence electrons. The van der Waals surface area contributed by atoms with Crippen LogP contribution >= 0.6 is 0 Å². The van der Waals surface area contributed by atoms with Gasteiger partial charge in [-0.2, -0.15) is 0 Å². The summed E-state index contributed by atoms with van der Waals surface area (Å²) in [6.45, 7) is 8.28. The minimum Gasteiger partial charge on any atom is -0.465 e. The fourth-order valence-corrected chi connectivity index (χ4v) is 3.49. The summed E-state index contributed by atoms with van der Waals surface area (Å²) in [7, 11) is 0. The van der Waals surface area contributed by atoms with Crippen molar-refractivity contribution < 1.29 is 19.1 Å². The summed E-state index contributed by atoms with van der Waals surface area (Å²) in [6, 6.07) is 0. The Bertz CT molecular complexity index is 424. The summed E-state index contributed by atoms with van der Waals surface area (Å²) in [4.78, 5) is 24.1. The van der Waals surface area contributed by atoms with Gasteiger partial charge in [-0.05, 0) is 40.0 Å². The lowest BCUT2D eigenvalue weighted by Crippen LogP contribution is -2.28. The number of allylic oxidation sites excluding steroid dienone is 2. The molecule has 29 heavy (non-hydrogen) atoms. The van der Waals surface area contributed by atoms with E-state index in [4.69, 9.17) is 9.47 Å². The SMILES string of the molecule is CCCCCCCCCCCCCC/C=C(/C)CC(C(=O)OCC)C(=O)OCC. The zero-order chi connectivity index (χ0) is 21.7. The molecule has 0 heterocycles. The van der Waals surface area contributed by atoms with Crippen molar-refractivity contribution in [2.75, 3.05) is 13.2 Å². The molecule has 0 spiro atoms. The van der Waals surface area contributed by atoms with Crippen LogP contribution in [0.1, 0.15) is 118 Å². The number of hydrogen-bond donors (Lipinski definition) is 0. The van der Waals surface area contributed by atoms with Crippen molar-refractivity contribution >= 4 is 11.9 Å². The second-order valence-corrected chi connectivity index (χ2v) is 7.99. The van der Waals surface area contributed by atoms with Gasteiger partial charge in [-0.25, -0.2) is 0 Å². The number of rotatable bonds is 19. The first kappa shape index (κ1) is 27.7. The van der Waals surface area contributed by atoms with E-state index in [1.165, 1.54) is 70.6 Å². The molecule has 0 aliphatic heterocycles. The van der Waals surface area contributed by atoms with Gasteiger partial charge >= 0.3 is 11.9 Å². The molecule has 0 fully saturated rings. The van der Waals surface area contributed by atoms with Crippen molar-refractivity contribution in [1.82, 2.24) is 0 Å². The quantitative estimate of drug-likeness (QED) is 0.0981. The van der Waals surface area contributed by atoms with Crippen LogP contribution in [0.25, 0.3) is 0 Å². The van der Waals surface area contributed by atoms with Gasteiger partial charge < -0.3 is 9.47 Å². The first-order valence-electron chi connectivity index (χ1n) is 12.1. The van der Waals surface area contributed by atoms with Crippen LogP contribution in [-0.2, 0) is 19.1 Å². The molecule has 0 atom stereocenters. The minimum atomic E-state index is -0.840. The highest BCUT2D eigenvalue weighted by molar-refractivity contribution is 5.95. The molecular weight excluding hydrogens is 364 g/mol. The molecule has 4 nitrogen and oxygen atoms in total. The Morgan fingerprint density at radius 2 is 1.10 bits per heavy atom. The van der Waals surface area contributed by atoms with E-state index >= 15 is 0 Å². The summed E-state index contributed by atoms with van der Waals surface area (Å²) < 4.78 is 10.1. The summed E-state index contributed by atoms with van der Waals surface area (Å²) in [5.41, 5.74) is 1.05. The molecule has 0 saturated heterocycles. The second kappa shape index (κ2) is 20.0. The van der Waals surface area contributed by atoms with Crippen LogP contribution in [0.4, 0.5) is 0 Å². The molecule has 0 bridgehead atoms. The molecule has 0 aromatic heterocycles. The van der Waals surface area contributed by atoms with Crippen LogP contribution in [0.5, 0.6) is 0 Å². The third-order valence-electron chi connectivity index (χ3n) is 5.22. The van der Waals surface area contributed by atoms with Crippen molar-refractivity contribution in [3.8, 4) is 0 Å². The van der Waals surface area contributed by atoms with E-state index in [1.54, 1.807) is 13.8 Å². The van der Waals surface area contributed by atoms with Gasteiger partial charge in [-0.1, -0.05) is 89.2 Å². The fourth-order valence-electron chi connectivity index (χ4n) is 3.49. The van der Waals surface area contributed by atoms with Gasteiger partial charge in [0.05, 0.1) is 13.2 Å². The maximum atomic E-state index is 12.0. The molecule has 0 aliphatic rings. The standard InChI is InChI=1S/C25H46O4/c1-5-8-9-10-11-12-13-14-15-16-17-18-19-20-22(4)21-23(24(26)28-6-2)25(27)29-7-3/h20,23H,5-19,21H2,1-4H3/b22-20-. The fraction of sp³-hybridized carbons (Fsp3) is 0.840. The first-order valence-corrected chi connectivity index (χ1v) is 12.1. The van der Waals surface area contributed by atoms with E-state index in [-0.39, 0.29) is 13.2 Å². The summed E-state index contributed by atoms with van der Waals surface area (Å²) >= 11 is 0. The summed E-state index contributed by atoms with van der Waals surface area (Å²) in [5, 5.41) is 0. The normalized spacial score (nSPS) is 11.7. The largest absolute Gasteiger partial charge is 0.465 e. The summed E-state index contributed by atoms with van der Waals surface area (Å²) in [6.07, 6.45) is 19.7. The van der Waals surface area contributed by atoms with E-state index in [9.17, 15) is 9.59 Å². The van der Waals surface area contributed by atoms with Gasteiger partial charge in [0.2, 0.25) is 0 Å². The average molecular weight is 411 g/mol. The number of carbonyl (C=O) groups is 2. The Kier molecular flexibility index (Phi) is 19.1. The number of unbranched alkanes of at least 4 members (excludes halogenated alkanes) is 12. The average Bonchev–Trinajstić information content (AvgIpc) is 2.70. The van der Waals surface area contributed by atoms with Crippen molar-refractivity contribution in [2.24, 2.45) is 5.92 Å².